The number of pyridine rings is 1. The lowest BCUT2D eigenvalue weighted by molar-refractivity contribution is 0.0683. The van der Waals surface area contributed by atoms with Gasteiger partial charge in [-0.05, 0) is 40.2 Å². The van der Waals surface area contributed by atoms with Gasteiger partial charge in [0.15, 0.2) is 11.6 Å². The summed E-state index contributed by atoms with van der Waals surface area (Å²) in [4.78, 5) is 16.9. The van der Waals surface area contributed by atoms with Crippen LogP contribution in [0.25, 0.3) is 0 Å². The Labute approximate surface area is 152 Å². The van der Waals surface area contributed by atoms with Crippen molar-refractivity contribution in [1.29, 1.82) is 5.26 Å². The predicted octanol–water partition coefficient (Wildman–Crippen LogP) is 4.49. The fourth-order valence-electron chi connectivity index (χ4n) is 2.82. The summed E-state index contributed by atoms with van der Waals surface area (Å²) in [6.45, 7) is 9.14. The van der Waals surface area contributed by atoms with Gasteiger partial charge in [0.2, 0.25) is 0 Å². The number of carboxylic acid groups (broad SMARTS) is 1. The highest BCUT2D eigenvalue weighted by Gasteiger charge is 2.35. The number of hydrogen-bond donors (Lipinski definition) is 2. The first-order valence-corrected chi connectivity index (χ1v) is 8.45. The molecule has 1 aromatic heterocycles. The second-order valence-electron chi connectivity index (χ2n) is 6.87. The number of anilines is 1. The Morgan fingerprint density at radius 3 is 2.60 bits per heavy atom. The molecule has 2 atom stereocenters. The van der Waals surface area contributed by atoms with E-state index in [2.05, 4.69) is 10.3 Å². The van der Waals surface area contributed by atoms with E-state index in [1.54, 1.807) is 33.8 Å². The standard InChI is InChI=1S/C17H24ClFN4O2/c1-6-7-13(10(2)23(16(24)25)17(3,4)5)21-15-12(19)8-11(9-20)14(18)22-15/h8,10,13H,6-7H2,1-5H3,(H,21,22)(H,24,25)/t10-,13+/m0/s1. The van der Waals surface area contributed by atoms with E-state index in [-0.39, 0.29) is 22.6 Å². The number of halogens is 2. The van der Waals surface area contributed by atoms with Crippen LogP contribution in [0, 0.1) is 17.1 Å². The van der Waals surface area contributed by atoms with E-state index in [0.29, 0.717) is 6.42 Å². The second kappa shape index (κ2) is 8.34. The maximum atomic E-state index is 14.2. The van der Waals surface area contributed by atoms with Crippen molar-refractivity contribution in [2.24, 2.45) is 0 Å². The van der Waals surface area contributed by atoms with Crippen molar-refractivity contribution in [3.8, 4) is 6.07 Å². The average Bonchev–Trinajstić information content (AvgIpc) is 2.47. The third kappa shape index (κ3) is 5.20. The highest BCUT2D eigenvalue weighted by molar-refractivity contribution is 6.30. The van der Waals surface area contributed by atoms with Gasteiger partial charge < -0.3 is 10.4 Å². The number of rotatable bonds is 6. The molecule has 0 bridgehead atoms. The minimum absolute atomic E-state index is 0.0494. The summed E-state index contributed by atoms with van der Waals surface area (Å²) in [7, 11) is 0. The third-order valence-electron chi connectivity index (χ3n) is 3.89. The monoisotopic (exact) mass is 370 g/mol. The zero-order valence-electron chi connectivity index (χ0n) is 15.1. The van der Waals surface area contributed by atoms with Gasteiger partial charge in [-0.2, -0.15) is 5.26 Å². The van der Waals surface area contributed by atoms with Gasteiger partial charge in [-0.25, -0.2) is 14.2 Å². The minimum Gasteiger partial charge on any atom is -0.465 e. The number of aromatic nitrogens is 1. The lowest BCUT2D eigenvalue weighted by atomic mass is 9.97. The normalized spacial score (nSPS) is 13.7. The maximum absolute atomic E-state index is 14.2. The first-order chi connectivity index (χ1) is 11.5. The van der Waals surface area contributed by atoms with E-state index < -0.39 is 23.5 Å². The lowest BCUT2D eigenvalue weighted by Crippen LogP contribution is -2.55. The molecule has 0 saturated carbocycles. The van der Waals surface area contributed by atoms with Crippen molar-refractivity contribution in [1.82, 2.24) is 9.88 Å². The molecule has 1 amide bonds. The Hall–Kier alpha value is -2.07. The summed E-state index contributed by atoms with van der Waals surface area (Å²) < 4.78 is 14.2. The van der Waals surface area contributed by atoms with Gasteiger partial charge in [-0.1, -0.05) is 24.9 Å². The first kappa shape index (κ1) is 21.0. The SMILES string of the molecule is CCC[C@@H](Nc1nc(Cl)c(C#N)cc1F)[C@H](C)N(C(=O)O)C(C)(C)C. The van der Waals surface area contributed by atoms with Crippen molar-refractivity contribution in [3.05, 3.63) is 22.6 Å². The van der Waals surface area contributed by atoms with Crippen LogP contribution in [0.3, 0.4) is 0 Å². The molecule has 0 fully saturated rings. The summed E-state index contributed by atoms with van der Waals surface area (Å²) in [5.41, 5.74) is -0.667. The smallest absolute Gasteiger partial charge is 0.408 e. The van der Waals surface area contributed by atoms with Crippen molar-refractivity contribution in [2.45, 2.75) is 65.1 Å². The highest BCUT2D eigenvalue weighted by atomic mass is 35.5. The molecule has 2 N–H and O–H groups in total. The molecule has 0 aliphatic heterocycles. The van der Waals surface area contributed by atoms with E-state index in [9.17, 15) is 14.3 Å². The van der Waals surface area contributed by atoms with E-state index in [0.717, 1.165) is 12.5 Å². The van der Waals surface area contributed by atoms with Crippen LogP contribution in [0.4, 0.5) is 15.0 Å². The van der Waals surface area contributed by atoms with E-state index >= 15 is 0 Å². The average molecular weight is 371 g/mol. The third-order valence-corrected chi connectivity index (χ3v) is 4.18. The molecule has 1 rings (SSSR count). The molecule has 0 aliphatic rings. The van der Waals surface area contributed by atoms with Gasteiger partial charge in [0, 0.05) is 11.6 Å². The number of nitriles is 1. The molecule has 25 heavy (non-hydrogen) atoms. The first-order valence-electron chi connectivity index (χ1n) is 8.07. The Morgan fingerprint density at radius 1 is 1.56 bits per heavy atom. The fraction of sp³-hybridized carbons (Fsp3) is 0.588. The van der Waals surface area contributed by atoms with Gasteiger partial charge in [-0.15, -0.1) is 0 Å². The molecule has 0 aliphatic carbocycles. The molecule has 1 aromatic rings. The number of amides is 1. The zero-order valence-corrected chi connectivity index (χ0v) is 15.9. The molecule has 138 valence electrons. The Balaban J connectivity index is 3.18. The van der Waals surface area contributed by atoms with Gasteiger partial charge in [-0.3, -0.25) is 4.90 Å². The van der Waals surface area contributed by atoms with E-state index in [4.69, 9.17) is 16.9 Å². The van der Waals surface area contributed by atoms with Crippen LogP contribution < -0.4 is 5.32 Å². The quantitative estimate of drug-likeness (QED) is 0.720. The molecule has 0 spiro atoms. The van der Waals surface area contributed by atoms with Crippen LogP contribution >= 0.6 is 11.6 Å². The van der Waals surface area contributed by atoms with Gasteiger partial charge in [0.25, 0.3) is 0 Å². The number of nitrogens with zero attached hydrogens (tertiary/aromatic N) is 3. The number of hydrogen-bond acceptors (Lipinski definition) is 4. The summed E-state index contributed by atoms with van der Waals surface area (Å²) >= 11 is 5.88. The van der Waals surface area contributed by atoms with Gasteiger partial charge in [0.1, 0.15) is 11.2 Å². The Morgan fingerprint density at radius 2 is 2.16 bits per heavy atom. The topological polar surface area (TPSA) is 89.3 Å². The lowest BCUT2D eigenvalue weighted by Gasteiger charge is -2.41. The van der Waals surface area contributed by atoms with E-state index in [1.165, 1.54) is 4.90 Å². The molecule has 0 radical (unpaired) electrons. The van der Waals surface area contributed by atoms with Crippen LogP contribution in [0.2, 0.25) is 5.15 Å². The number of carbonyl (C=O) groups is 1. The molecule has 0 aromatic carbocycles. The van der Waals surface area contributed by atoms with Gasteiger partial charge >= 0.3 is 6.09 Å². The van der Waals surface area contributed by atoms with Crippen molar-refractivity contribution in [2.75, 3.05) is 5.32 Å². The Kier molecular flexibility index (Phi) is 7.00. The number of nitrogens with one attached hydrogen (secondary N) is 1. The molecule has 8 heteroatoms. The van der Waals surface area contributed by atoms with Crippen molar-refractivity contribution < 1.29 is 14.3 Å². The van der Waals surface area contributed by atoms with Crippen LogP contribution in [-0.2, 0) is 0 Å². The maximum Gasteiger partial charge on any atom is 0.408 e. The summed E-state index contributed by atoms with van der Waals surface area (Å²) in [5.74, 6) is -0.791. The minimum atomic E-state index is -1.05. The second-order valence-corrected chi connectivity index (χ2v) is 7.23. The van der Waals surface area contributed by atoms with Gasteiger partial charge in [0.05, 0.1) is 11.6 Å². The summed E-state index contributed by atoms with van der Waals surface area (Å²) in [6.07, 6.45) is 0.333. The molecular formula is C17H24ClFN4O2. The molecule has 1 heterocycles. The summed E-state index contributed by atoms with van der Waals surface area (Å²) in [6, 6.07) is 1.98. The molecule has 6 nitrogen and oxygen atoms in total. The van der Waals surface area contributed by atoms with E-state index in [1.807, 2.05) is 6.92 Å². The summed E-state index contributed by atoms with van der Waals surface area (Å²) in [5, 5.41) is 21.3. The van der Waals surface area contributed by atoms with Crippen LogP contribution in [0.5, 0.6) is 0 Å². The predicted molar refractivity (Wildman–Crippen MR) is 95.3 cm³/mol. The van der Waals surface area contributed by atoms with Crippen LogP contribution in [0.15, 0.2) is 6.07 Å². The molecule has 0 unspecified atom stereocenters. The zero-order chi connectivity index (χ0) is 19.4. The molecular weight excluding hydrogens is 347 g/mol. The van der Waals surface area contributed by atoms with Crippen LogP contribution in [0.1, 0.15) is 53.0 Å². The van der Waals surface area contributed by atoms with Crippen molar-refractivity contribution in [3.63, 3.8) is 0 Å². The molecule has 0 saturated heterocycles. The Bertz CT molecular complexity index is 670. The fourth-order valence-corrected chi connectivity index (χ4v) is 3.00. The largest absolute Gasteiger partial charge is 0.465 e. The van der Waals surface area contributed by atoms with Crippen molar-refractivity contribution >= 4 is 23.5 Å². The van der Waals surface area contributed by atoms with Crippen LogP contribution in [-0.4, -0.2) is 38.7 Å². The highest BCUT2D eigenvalue weighted by Crippen LogP contribution is 2.25.